The monoisotopic (exact) mass is 478 g/mol. The summed E-state index contributed by atoms with van der Waals surface area (Å²) >= 11 is 0. The lowest BCUT2D eigenvalue weighted by atomic mass is 9.98. The van der Waals surface area contributed by atoms with Crippen LogP contribution in [-0.4, -0.2) is 68.0 Å². The van der Waals surface area contributed by atoms with Gasteiger partial charge in [-0.3, -0.25) is 9.59 Å². The molecule has 9 nitrogen and oxygen atoms in total. The number of hydrogen-bond donors (Lipinski definition) is 3. The molecule has 9 heteroatoms. The van der Waals surface area contributed by atoms with Crippen LogP contribution in [0.5, 0.6) is 0 Å². The van der Waals surface area contributed by atoms with Gasteiger partial charge in [0.15, 0.2) is 5.65 Å². The van der Waals surface area contributed by atoms with Crippen molar-refractivity contribution in [2.75, 3.05) is 24.5 Å². The first kappa shape index (κ1) is 25.9. The smallest absolute Gasteiger partial charge is 0.255 e. The fourth-order valence-electron chi connectivity index (χ4n) is 3.95. The van der Waals surface area contributed by atoms with E-state index in [0.29, 0.717) is 48.7 Å². The Morgan fingerprint density at radius 3 is 2.57 bits per heavy atom. The van der Waals surface area contributed by atoms with E-state index in [4.69, 9.17) is 10.1 Å². The van der Waals surface area contributed by atoms with Gasteiger partial charge in [0.25, 0.3) is 5.91 Å². The van der Waals surface area contributed by atoms with Crippen molar-refractivity contribution in [3.05, 3.63) is 66.5 Å². The van der Waals surface area contributed by atoms with E-state index >= 15 is 0 Å². The number of nitrogens with one attached hydrogen (secondary N) is 2. The number of piperazine rings is 1. The molecule has 186 valence electrons. The molecule has 2 aromatic heterocycles. The normalized spacial score (nSPS) is 14.9. The lowest BCUT2D eigenvalue weighted by Gasteiger charge is -2.47. The van der Waals surface area contributed by atoms with Gasteiger partial charge < -0.3 is 25.2 Å². The average molecular weight is 479 g/mol. The van der Waals surface area contributed by atoms with Gasteiger partial charge in [0.1, 0.15) is 11.3 Å². The Kier molecular flexibility index (Phi) is 8.24. The van der Waals surface area contributed by atoms with Gasteiger partial charge in [-0.25, -0.2) is 9.97 Å². The molecule has 0 radical (unpaired) electrons. The third kappa shape index (κ3) is 6.45. The van der Waals surface area contributed by atoms with E-state index in [1.165, 1.54) is 6.08 Å². The molecule has 0 unspecified atom stereocenters. The zero-order valence-corrected chi connectivity index (χ0v) is 20.8. The van der Waals surface area contributed by atoms with Crippen molar-refractivity contribution in [2.45, 2.75) is 45.9 Å². The third-order valence-electron chi connectivity index (χ3n) is 5.58. The van der Waals surface area contributed by atoms with E-state index in [2.05, 4.69) is 26.8 Å². The number of aliphatic hydroxyl groups excluding tert-OH is 1. The first-order chi connectivity index (χ1) is 16.6. The zero-order valence-electron chi connectivity index (χ0n) is 20.8. The van der Waals surface area contributed by atoms with E-state index in [-0.39, 0.29) is 23.5 Å². The third-order valence-corrected chi connectivity index (χ3v) is 5.58. The van der Waals surface area contributed by atoms with E-state index in [1.54, 1.807) is 26.2 Å². The largest absolute Gasteiger partial charge is 0.394 e. The van der Waals surface area contributed by atoms with Gasteiger partial charge in [0, 0.05) is 38.5 Å². The Labute approximate surface area is 205 Å². The molecule has 1 aliphatic heterocycles. The molecule has 3 aromatic rings. The highest BCUT2D eigenvalue weighted by Gasteiger charge is 2.36. The maximum Gasteiger partial charge on any atom is 0.255 e. The summed E-state index contributed by atoms with van der Waals surface area (Å²) in [7, 11) is 0. The number of anilines is 1. The molecule has 0 saturated carbocycles. The summed E-state index contributed by atoms with van der Waals surface area (Å²) in [6.07, 6.45) is 4.52. The van der Waals surface area contributed by atoms with Crippen LogP contribution in [0.15, 0.2) is 55.4 Å². The number of benzene rings is 1. The number of rotatable bonds is 5. The fraction of sp³-hybridized carbons (Fsp3) is 0.385. The molecule has 0 atom stereocenters. The first-order valence-corrected chi connectivity index (χ1v) is 11.7. The van der Waals surface area contributed by atoms with Gasteiger partial charge in [0.2, 0.25) is 5.91 Å². The van der Waals surface area contributed by atoms with Crippen molar-refractivity contribution in [2.24, 2.45) is 0 Å². The quantitative estimate of drug-likeness (QED) is 0.486. The van der Waals surface area contributed by atoms with E-state index in [9.17, 15) is 9.59 Å². The number of aliphatic hydroxyl groups is 1. The van der Waals surface area contributed by atoms with Crippen molar-refractivity contribution in [1.29, 1.82) is 0 Å². The number of carbonyl (C=O) groups is 2. The standard InChI is InChI=1S/C23H26N6O2.C3H8O/c1-4-19(30)29-11-10-28(15-23(29,2)3)18-14-25-21-20(27-18)17(13-24-21)22(31)26-12-16-8-6-5-7-9-16;1-3(2)4/h4-9,13-14H,1,10-12,15H2,2-3H3,(H,24,25)(H,26,31);3-4H,1-2H3. The van der Waals surface area contributed by atoms with Gasteiger partial charge in [-0.15, -0.1) is 0 Å². The van der Waals surface area contributed by atoms with Gasteiger partial charge in [-0.05, 0) is 39.3 Å². The van der Waals surface area contributed by atoms with E-state index in [1.807, 2.05) is 49.1 Å². The minimum atomic E-state index is -0.381. The number of aromatic nitrogens is 3. The Morgan fingerprint density at radius 1 is 1.26 bits per heavy atom. The summed E-state index contributed by atoms with van der Waals surface area (Å²) in [6.45, 7) is 13.3. The molecule has 1 aromatic carbocycles. The molecule has 0 aliphatic carbocycles. The molecule has 1 fully saturated rings. The maximum atomic E-state index is 12.8. The molecule has 4 rings (SSSR count). The van der Waals surface area contributed by atoms with Crippen LogP contribution in [0.25, 0.3) is 11.2 Å². The van der Waals surface area contributed by atoms with Crippen LogP contribution in [0.4, 0.5) is 5.82 Å². The maximum absolute atomic E-state index is 12.8. The van der Waals surface area contributed by atoms with Crippen LogP contribution in [0, 0.1) is 0 Å². The van der Waals surface area contributed by atoms with Crippen molar-refractivity contribution in [1.82, 2.24) is 25.2 Å². The Bertz CT molecular complexity index is 1170. The molecule has 2 amide bonds. The van der Waals surface area contributed by atoms with Gasteiger partial charge in [-0.1, -0.05) is 36.9 Å². The first-order valence-electron chi connectivity index (χ1n) is 11.7. The van der Waals surface area contributed by atoms with Crippen LogP contribution in [0.3, 0.4) is 0 Å². The number of amides is 2. The second kappa shape index (κ2) is 11.1. The molecular formula is C26H34N6O3. The number of carbonyl (C=O) groups excluding carboxylic acids is 2. The number of nitrogens with zero attached hydrogens (tertiary/aromatic N) is 4. The number of H-pyrrole nitrogens is 1. The molecular weight excluding hydrogens is 444 g/mol. The van der Waals surface area contributed by atoms with Gasteiger partial charge in [0.05, 0.1) is 17.3 Å². The summed E-state index contributed by atoms with van der Waals surface area (Å²) in [5.74, 6) is 0.403. The van der Waals surface area contributed by atoms with Crippen LogP contribution in [0.2, 0.25) is 0 Å². The van der Waals surface area contributed by atoms with Crippen LogP contribution in [0.1, 0.15) is 43.6 Å². The van der Waals surface area contributed by atoms with Gasteiger partial charge >= 0.3 is 0 Å². The summed E-state index contributed by atoms with van der Waals surface area (Å²) in [5, 5.41) is 11.0. The summed E-state index contributed by atoms with van der Waals surface area (Å²) in [6, 6.07) is 9.75. The highest BCUT2D eigenvalue weighted by atomic mass is 16.3. The molecule has 35 heavy (non-hydrogen) atoms. The number of hydrogen-bond acceptors (Lipinski definition) is 6. The lowest BCUT2D eigenvalue weighted by Crippen LogP contribution is -2.61. The number of aromatic amines is 1. The van der Waals surface area contributed by atoms with E-state index in [0.717, 1.165) is 5.56 Å². The Balaban J connectivity index is 0.000000795. The summed E-state index contributed by atoms with van der Waals surface area (Å²) in [4.78, 5) is 41.1. The number of fused-ring (bicyclic) bond motifs is 1. The van der Waals surface area contributed by atoms with Crippen molar-refractivity contribution < 1.29 is 14.7 Å². The molecule has 1 aliphatic rings. The second-order valence-electron chi connectivity index (χ2n) is 9.32. The topological polar surface area (TPSA) is 114 Å². The Morgan fingerprint density at radius 2 is 1.94 bits per heavy atom. The van der Waals surface area contributed by atoms with Crippen molar-refractivity contribution in [3.8, 4) is 0 Å². The SMILES string of the molecule is C=CC(=O)N1CCN(c2cnc3[nH]cc(C(=O)NCc4ccccc4)c3n2)CC1(C)C.CC(C)O. The molecule has 3 heterocycles. The average Bonchev–Trinajstić information content (AvgIpc) is 3.25. The van der Waals surface area contributed by atoms with Crippen molar-refractivity contribution in [3.63, 3.8) is 0 Å². The van der Waals surface area contributed by atoms with Crippen LogP contribution < -0.4 is 10.2 Å². The zero-order chi connectivity index (χ0) is 25.6. The van der Waals surface area contributed by atoms with Crippen LogP contribution in [-0.2, 0) is 11.3 Å². The molecule has 1 saturated heterocycles. The predicted octanol–water partition coefficient (Wildman–Crippen LogP) is 2.89. The minimum Gasteiger partial charge on any atom is -0.394 e. The van der Waals surface area contributed by atoms with E-state index < -0.39 is 0 Å². The molecule has 0 bridgehead atoms. The molecule has 0 spiro atoms. The van der Waals surface area contributed by atoms with Crippen LogP contribution >= 0.6 is 0 Å². The summed E-state index contributed by atoms with van der Waals surface area (Å²) < 4.78 is 0. The summed E-state index contributed by atoms with van der Waals surface area (Å²) in [5.41, 5.74) is 2.20. The fourth-order valence-corrected chi connectivity index (χ4v) is 3.95. The lowest BCUT2D eigenvalue weighted by molar-refractivity contribution is -0.131. The highest BCUT2D eigenvalue weighted by molar-refractivity contribution is 6.04. The second-order valence-corrected chi connectivity index (χ2v) is 9.32. The van der Waals surface area contributed by atoms with Gasteiger partial charge in [-0.2, -0.15) is 0 Å². The Hall–Kier alpha value is -3.72. The van der Waals surface area contributed by atoms with Crippen molar-refractivity contribution >= 4 is 28.8 Å². The highest BCUT2D eigenvalue weighted by Crippen LogP contribution is 2.26. The predicted molar refractivity (Wildman–Crippen MR) is 137 cm³/mol. The minimum absolute atomic E-state index is 0.0748. The molecule has 3 N–H and O–H groups in total.